The number of hydrogen-bond donors (Lipinski definition) is 0. The molecule has 0 atom stereocenters. The Balaban J connectivity index is 1.66. The summed E-state index contributed by atoms with van der Waals surface area (Å²) in [5, 5.41) is 0. The van der Waals surface area contributed by atoms with Gasteiger partial charge < -0.3 is 14.4 Å². The van der Waals surface area contributed by atoms with E-state index in [1.807, 2.05) is 17.5 Å². The number of alkyl halides is 3. The zero-order valence-corrected chi connectivity index (χ0v) is 15.1. The molecule has 28 heavy (non-hydrogen) atoms. The highest BCUT2D eigenvalue weighted by molar-refractivity contribution is 5.73. The lowest BCUT2D eigenvalue weighted by Crippen LogP contribution is -2.37. The maximum atomic E-state index is 12.3. The molecule has 1 aliphatic rings. The maximum Gasteiger partial charge on any atom is 0.422 e. The molecule has 4 heterocycles. The summed E-state index contributed by atoms with van der Waals surface area (Å²) in [4.78, 5) is 15.3. The summed E-state index contributed by atoms with van der Waals surface area (Å²) in [5.41, 5.74) is 3.02. The second kappa shape index (κ2) is 7.27. The number of fused-ring (bicyclic) bond motifs is 1. The summed E-state index contributed by atoms with van der Waals surface area (Å²) in [7, 11) is 0. The Kier molecular flexibility index (Phi) is 4.80. The molecule has 1 saturated heterocycles. The monoisotopic (exact) mass is 393 g/mol. The number of rotatable bonds is 4. The van der Waals surface area contributed by atoms with Crippen molar-refractivity contribution >= 4 is 11.5 Å². The van der Waals surface area contributed by atoms with Crippen molar-refractivity contribution in [1.82, 2.24) is 19.4 Å². The zero-order chi connectivity index (χ0) is 19.7. The van der Waals surface area contributed by atoms with Crippen molar-refractivity contribution in [1.29, 1.82) is 0 Å². The molecule has 0 aliphatic carbocycles. The Morgan fingerprint density at radius 1 is 1.18 bits per heavy atom. The Hall–Kier alpha value is -2.88. The molecular weight excluding hydrogens is 375 g/mol. The number of ether oxygens (including phenoxy) is 2. The van der Waals surface area contributed by atoms with Gasteiger partial charge in [-0.1, -0.05) is 0 Å². The predicted molar refractivity (Wildman–Crippen MR) is 95.5 cm³/mol. The van der Waals surface area contributed by atoms with Crippen LogP contribution in [0.15, 0.2) is 30.7 Å². The first-order valence-corrected chi connectivity index (χ1v) is 8.75. The molecule has 148 valence electrons. The van der Waals surface area contributed by atoms with Crippen LogP contribution in [-0.2, 0) is 4.74 Å². The molecule has 0 radical (unpaired) electrons. The third kappa shape index (κ3) is 3.72. The topological polar surface area (TPSA) is 64.8 Å². The average Bonchev–Trinajstić information content (AvgIpc) is 3.03. The van der Waals surface area contributed by atoms with Crippen LogP contribution in [-0.4, -0.2) is 58.4 Å². The van der Waals surface area contributed by atoms with Crippen LogP contribution in [0.2, 0.25) is 0 Å². The Morgan fingerprint density at radius 3 is 2.64 bits per heavy atom. The van der Waals surface area contributed by atoms with Gasteiger partial charge in [-0.05, 0) is 13.0 Å². The fourth-order valence-corrected chi connectivity index (χ4v) is 3.18. The van der Waals surface area contributed by atoms with Gasteiger partial charge >= 0.3 is 6.18 Å². The highest BCUT2D eigenvalue weighted by Crippen LogP contribution is 2.29. The summed E-state index contributed by atoms with van der Waals surface area (Å²) < 4.78 is 48.8. The zero-order valence-electron chi connectivity index (χ0n) is 15.1. The van der Waals surface area contributed by atoms with Crippen molar-refractivity contribution in [3.05, 3.63) is 36.4 Å². The molecule has 1 aliphatic heterocycles. The Morgan fingerprint density at radius 2 is 1.96 bits per heavy atom. The molecular formula is C18H18F3N5O2. The highest BCUT2D eigenvalue weighted by atomic mass is 19.4. The molecule has 0 spiro atoms. The Bertz CT molecular complexity index is 966. The summed E-state index contributed by atoms with van der Waals surface area (Å²) in [6, 6.07) is 3.09. The molecule has 3 aromatic heterocycles. The third-order valence-electron chi connectivity index (χ3n) is 4.40. The van der Waals surface area contributed by atoms with Crippen molar-refractivity contribution in [2.45, 2.75) is 13.1 Å². The van der Waals surface area contributed by atoms with Crippen LogP contribution in [0.1, 0.15) is 5.69 Å². The SMILES string of the molecule is Cc1nc2c(N3CCOCC3)nccn2c1-c1ccc(OCC(F)(F)F)nc1. The number of nitrogens with zero attached hydrogens (tertiary/aromatic N) is 5. The molecule has 0 unspecified atom stereocenters. The lowest BCUT2D eigenvalue weighted by Gasteiger charge is -2.27. The van der Waals surface area contributed by atoms with E-state index in [1.54, 1.807) is 12.3 Å². The van der Waals surface area contributed by atoms with E-state index in [-0.39, 0.29) is 5.88 Å². The molecule has 10 heteroatoms. The van der Waals surface area contributed by atoms with E-state index in [9.17, 15) is 13.2 Å². The van der Waals surface area contributed by atoms with Gasteiger partial charge in [-0.15, -0.1) is 0 Å². The number of imidazole rings is 1. The number of aryl methyl sites for hydroxylation is 1. The largest absolute Gasteiger partial charge is 0.468 e. The minimum Gasteiger partial charge on any atom is -0.468 e. The summed E-state index contributed by atoms with van der Waals surface area (Å²) in [6.07, 6.45) is 0.595. The second-order valence-corrected chi connectivity index (χ2v) is 6.38. The first kappa shape index (κ1) is 18.5. The third-order valence-corrected chi connectivity index (χ3v) is 4.40. The van der Waals surface area contributed by atoms with Crippen molar-refractivity contribution in [2.75, 3.05) is 37.8 Å². The van der Waals surface area contributed by atoms with Gasteiger partial charge in [0, 0.05) is 43.3 Å². The number of halogens is 3. The van der Waals surface area contributed by atoms with Crippen molar-refractivity contribution in [3.8, 4) is 17.1 Å². The number of morpholine rings is 1. The fourth-order valence-electron chi connectivity index (χ4n) is 3.18. The van der Waals surface area contributed by atoms with Gasteiger partial charge in [0.15, 0.2) is 18.1 Å². The standard InChI is InChI=1S/C18H18F3N5O2/c1-12-15(13-2-3-14(23-10-13)28-11-18(19,20)21)26-5-4-22-16(17(26)24-12)25-6-8-27-9-7-25/h2-5,10H,6-9,11H2,1H3. The van der Waals surface area contributed by atoms with Gasteiger partial charge in [0.1, 0.15) is 0 Å². The molecule has 4 rings (SSSR count). The number of anilines is 1. The first-order chi connectivity index (χ1) is 13.4. The quantitative estimate of drug-likeness (QED) is 0.679. The van der Waals surface area contributed by atoms with Gasteiger partial charge in [0.05, 0.1) is 24.6 Å². The molecule has 0 bridgehead atoms. The molecule has 1 fully saturated rings. The lowest BCUT2D eigenvalue weighted by molar-refractivity contribution is -0.154. The van der Waals surface area contributed by atoms with E-state index >= 15 is 0 Å². The van der Waals surface area contributed by atoms with Gasteiger partial charge in [0.25, 0.3) is 0 Å². The lowest BCUT2D eigenvalue weighted by atomic mass is 10.2. The number of hydrogen-bond acceptors (Lipinski definition) is 6. The predicted octanol–water partition coefficient (Wildman–Crippen LogP) is 2.88. The molecule has 0 N–H and O–H groups in total. The van der Waals surface area contributed by atoms with Crippen LogP contribution in [0.5, 0.6) is 5.88 Å². The maximum absolute atomic E-state index is 12.3. The van der Waals surface area contributed by atoms with Crippen LogP contribution in [0, 0.1) is 6.92 Å². The Labute approximate surface area is 158 Å². The number of pyridine rings is 1. The van der Waals surface area contributed by atoms with E-state index in [2.05, 4.69) is 24.6 Å². The number of aromatic nitrogens is 4. The normalized spacial score (nSPS) is 15.2. The molecule has 0 amide bonds. The van der Waals surface area contributed by atoms with Crippen LogP contribution in [0.4, 0.5) is 19.0 Å². The van der Waals surface area contributed by atoms with E-state index in [4.69, 9.17) is 4.74 Å². The van der Waals surface area contributed by atoms with Crippen LogP contribution < -0.4 is 9.64 Å². The molecule has 0 saturated carbocycles. The van der Waals surface area contributed by atoms with Crippen LogP contribution in [0.3, 0.4) is 0 Å². The fraction of sp³-hybridized carbons (Fsp3) is 0.389. The summed E-state index contributed by atoms with van der Waals surface area (Å²) in [6.45, 7) is 3.25. The van der Waals surface area contributed by atoms with Crippen LogP contribution in [0.25, 0.3) is 16.9 Å². The van der Waals surface area contributed by atoms with Gasteiger partial charge in [0.2, 0.25) is 5.88 Å². The van der Waals surface area contributed by atoms with Crippen molar-refractivity contribution < 1.29 is 22.6 Å². The average molecular weight is 393 g/mol. The summed E-state index contributed by atoms with van der Waals surface area (Å²) >= 11 is 0. The van der Waals surface area contributed by atoms with E-state index in [0.29, 0.717) is 18.9 Å². The minimum absolute atomic E-state index is 0.0804. The summed E-state index contributed by atoms with van der Waals surface area (Å²) in [5.74, 6) is 0.696. The smallest absolute Gasteiger partial charge is 0.422 e. The van der Waals surface area contributed by atoms with E-state index in [0.717, 1.165) is 35.9 Å². The molecule has 0 aromatic carbocycles. The second-order valence-electron chi connectivity index (χ2n) is 6.38. The van der Waals surface area contributed by atoms with Gasteiger partial charge in [-0.2, -0.15) is 13.2 Å². The van der Waals surface area contributed by atoms with Gasteiger partial charge in [-0.3, -0.25) is 4.40 Å². The molecule has 7 nitrogen and oxygen atoms in total. The van der Waals surface area contributed by atoms with E-state index in [1.165, 1.54) is 12.3 Å². The van der Waals surface area contributed by atoms with Gasteiger partial charge in [-0.25, -0.2) is 15.0 Å². The highest BCUT2D eigenvalue weighted by Gasteiger charge is 2.28. The van der Waals surface area contributed by atoms with Crippen molar-refractivity contribution in [3.63, 3.8) is 0 Å². The molecule has 3 aromatic rings. The van der Waals surface area contributed by atoms with E-state index < -0.39 is 12.8 Å². The van der Waals surface area contributed by atoms with Crippen molar-refractivity contribution in [2.24, 2.45) is 0 Å². The van der Waals surface area contributed by atoms with Crippen LogP contribution >= 0.6 is 0 Å². The first-order valence-electron chi connectivity index (χ1n) is 8.75. The minimum atomic E-state index is -4.40.